The maximum Gasteiger partial charge on any atom is 0.316 e. The average Bonchev–Trinajstić information content (AvgIpc) is 3.57. The summed E-state index contributed by atoms with van der Waals surface area (Å²) in [6.07, 6.45) is 0. The highest BCUT2D eigenvalue weighted by molar-refractivity contribution is 7.89. The molecule has 174 valence electrons. The normalized spacial score (nSPS) is 15.7. The van der Waals surface area contributed by atoms with E-state index < -0.39 is 10.0 Å². The number of benzene rings is 1. The number of amides is 1. The molecule has 1 aromatic carbocycles. The second-order valence-corrected chi connectivity index (χ2v) is 10.4. The average molecular weight is 493 g/mol. The van der Waals surface area contributed by atoms with Crippen molar-refractivity contribution in [1.82, 2.24) is 19.8 Å². The standard InChI is InChI=1S/C20H20N4O7S2/c1-12-17(33(26,27)21-10-13-2-3-14-15(8-13)30-11-29-14)9-16(32-12)18-22-19(31-23-18)20(25)24-4-6-28-7-5-24/h2-3,8-9,21H,4-7,10-11H2,1H3. The highest BCUT2D eigenvalue weighted by Crippen LogP contribution is 2.34. The van der Waals surface area contributed by atoms with Gasteiger partial charge in [-0.05, 0) is 30.7 Å². The van der Waals surface area contributed by atoms with Crippen molar-refractivity contribution in [1.29, 1.82) is 0 Å². The summed E-state index contributed by atoms with van der Waals surface area (Å²) < 4.78 is 49.4. The fourth-order valence-electron chi connectivity index (χ4n) is 3.46. The van der Waals surface area contributed by atoms with Gasteiger partial charge in [0.15, 0.2) is 11.5 Å². The lowest BCUT2D eigenvalue weighted by molar-refractivity contribution is 0.0272. The maximum atomic E-state index is 12.9. The number of carbonyl (C=O) groups is 1. The Bertz CT molecular complexity index is 1300. The Morgan fingerprint density at radius 3 is 2.79 bits per heavy atom. The molecule has 0 unspecified atom stereocenters. The SMILES string of the molecule is Cc1sc(-c2noc(C(=O)N3CCOCC3)n2)cc1S(=O)(=O)NCc1ccc2c(c1)OCO2. The van der Waals surface area contributed by atoms with Crippen molar-refractivity contribution in [3.8, 4) is 22.2 Å². The van der Waals surface area contributed by atoms with Crippen molar-refractivity contribution in [3.63, 3.8) is 0 Å². The van der Waals surface area contributed by atoms with Gasteiger partial charge in [-0.3, -0.25) is 4.79 Å². The van der Waals surface area contributed by atoms with E-state index in [0.29, 0.717) is 47.6 Å². The van der Waals surface area contributed by atoms with Gasteiger partial charge in [-0.2, -0.15) is 4.98 Å². The molecule has 1 fully saturated rings. The van der Waals surface area contributed by atoms with Gasteiger partial charge < -0.3 is 23.6 Å². The molecule has 2 aliphatic rings. The zero-order valence-corrected chi connectivity index (χ0v) is 19.2. The number of ether oxygens (including phenoxy) is 3. The number of morpholine rings is 1. The number of aryl methyl sites for hydroxylation is 1. The van der Waals surface area contributed by atoms with Crippen LogP contribution in [-0.4, -0.2) is 62.5 Å². The molecule has 0 bridgehead atoms. The van der Waals surface area contributed by atoms with Gasteiger partial charge in [0, 0.05) is 24.5 Å². The molecule has 1 amide bonds. The number of hydrogen-bond donors (Lipinski definition) is 1. The van der Waals surface area contributed by atoms with Crippen molar-refractivity contribution in [2.24, 2.45) is 0 Å². The summed E-state index contributed by atoms with van der Waals surface area (Å²) in [6, 6.07) is 6.74. The third-order valence-corrected chi connectivity index (χ3v) is 7.90. The van der Waals surface area contributed by atoms with Crippen LogP contribution in [0, 0.1) is 6.92 Å². The van der Waals surface area contributed by atoms with Gasteiger partial charge in [-0.1, -0.05) is 11.2 Å². The molecule has 3 aromatic rings. The number of nitrogens with zero attached hydrogens (tertiary/aromatic N) is 3. The van der Waals surface area contributed by atoms with Crippen LogP contribution in [0.1, 0.15) is 21.1 Å². The fourth-order valence-corrected chi connectivity index (χ4v) is 5.99. The molecule has 33 heavy (non-hydrogen) atoms. The van der Waals surface area contributed by atoms with E-state index in [0.717, 1.165) is 5.56 Å². The van der Waals surface area contributed by atoms with Gasteiger partial charge >= 0.3 is 11.8 Å². The minimum atomic E-state index is -3.80. The highest BCUT2D eigenvalue weighted by atomic mass is 32.2. The maximum absolute atomic E-state index is 12.9. The molecule has 0 aliphatic carbocycles. The van der Waals surface area contributed by atoms with Gasteiger partial charge in [0.05, 0.1) is 23.0 Å². The van der Waals surface area contributed by atoms with Crippen LogP contribution in [0.3, 0.4) is 0 Å². The topological polar surface area (TPSA) is 133 Å². The van der Waals surface area contributed by atoms with E-state index in [9.17, 15) is 13.2 Å². The van der Waals surface area contributed by atoms with E-state index in [4.69, 9.17) is 18.7 Å². The van der Waals surface area contributed by atoms with E-state index in [1.165, 1.54) is 17.4 Å². The van der Waals surface area contributed by atoms with Gasteiger partial charge in [0.2, 0.25) is 22.6 Å². The van der Waals surface area contributed by atoms with Crippen molar-refractivity contribution >= 4 is 27.3 Å². The first kappa shape index (κ1) is 21.8. The zero-order chi connectivity index (χ0) is 23.0. The molecule has 0 radical (unpaired) electrons. The van der Waals surface area contributed by atoms with E-state index in [1.807, 2.05) is 0 Å². The van der Waals surface area contributed by atoms with Gasteiger partial charge in [-0.15, -0.1) is 11.3 Å². The summed E-state index contributed by atoms with van der Waals surface area (Å²) in [6.45, 7) is 3.75. The van der Waals surface area contributed by atoms with Crippen LogP contribution in [0.2, 0.25) is 0 Å². The third kappa shape index (κ3) is 4.44. The summed E-state index contributed by atoms with van der Waals surface area (Å²) in [5.74, 6) is 0.871. The van der Waals surface area contributed by atoms with Crippen molar-refractivity contribution in [2.75, 3.05) is 33.1 Å². The van der Waals surface area contributed by atoms with E-state index in [-0.39, 0.29) is 35.9 Å². The number of nitrogens with one attached hydrogen (secondary N) is 1. The van der Waals surface area contributed by atoms with E-state index in [2.05, 4.69) is 14.9 Å². The predicted octanol–water partition coefficient (Wildman–Crippen LogP) is 1.79. The molecule has 1 saturated heterocycles. The van der Waals surface area contributed by atoms with Crippen molar-refractivity contribution < 1.29 is 31.9 Å². The second-order valence-electron chi connectivity index (χ2n) is 7.37. The fraction of sp³-hybridized carbons (Fsp3) is 0.350. The molecule has 4 heterocycles. The number of hydrogen-bond acceptors (Lipinski definition) is 10. The molecule has 11 nitrogen and oxygen atoms in total. The largest absolute Gasteiger partial charge is 0.454 e. The molecule has 2 aliphatic heterocycles. The third-order valence-electron chi connectivity index (χ3n) is 5.19. The number of fused-ring (bicyclic) bond motifs is 1. The van der Waals surface area contributed by atoms with Crippen LogP contribution in [0.4, 0.5) is 0 Å². The lowest BCUT2D eigenvalue weighted by atomic mass is 10.2. The smallest absolute Gasteiger partial charge is 0.316 e. The molecular formula is C20H20N4O7S2. The number of carbonyl (C=O) groups excluding carboxylic acids is 1. The van der Waals surface area contributed by atoms with Crippen LogP contribution in [0.25, 0.3) is 10.7 Å². The minimum Gasteiger partial charge on any atom is -0.454 e. The van der Waals surface area contributed by atoms with Gasteiger partial charge in [-0.25, -0.2) is 13.1 Å². The van der Waals surface area contributed by atoms with Crippen LogP contribution in [0.5, 0.6) is 11.5 Å². The first-order valence-corrected chi connectivity index (χ1v) is 12.4. The number of sulfonamides is 1. The first-order valence-electron chi connectivity index (χ1n) is 10.1. The number of rotatable bonds is 6. The lowest BCUT2D eigenvalue weighted by Gasteiger charge is -2.25. The molecule has 5 rings (SSSR count). The molecule has 13 heteroatoms. The Balaban J connectivity index is 1.30. The zero-order valence-electron chi connectivity index (χ0n) is 17.6. The Kier molecular flexibility index (Phi) is 5.78. The minimum absolute atomic E-state index is 0.0873. The van der Waals surface area contributed by atoms with Crippen molar-refractivity contribution in [3.05, 3.63) is 40.6 Å². The number of thiophene rings is 1. The molecule has 0 saturated carbocycles. The summed E-state index contributed by atoms with van der Waals surface area (Å²) in [7, 11) is -3.80. The van der Waals surface area contributed by atoms with Crippen LogP contribution in [0.15, 0.2) is 33.7 Å². The predicted molar refractivity (Wildman–Crippen MR) is 116 cm³/mol. The summed E-state index contributed by atoms with van der Waals surface area (Å²) >= 11 is 1.21. The summed E-state index contributed by atoms with van der Waals surface area (Å²) in [5.41, 5.74) is 0.736. The molecule has 2 aromatic heterocycles. The second kappa shape index (κ2) is 8.74. The lowest BCUT2D eigenvalue weighted by Crippen LogP contribution is -2.40. The van der Waals surface area contributed by atoms with Gasteiger partial charge in [0.25, 0.3) is 0 Å². The Morgan fingerprint density at radius 1 is 1.18 bits per heavy atom. The monoisotopic (exact) mass is 492 g/mol. The summed E-state index contributed by atoms with van der Waals surface area (Å²) in [4.78, 5) is 19.4. The first-order chi connectivity index (χ1) is 15.9. The summed E-state index contributed by atoms with van der Waals surface area (Å²) in [5, 5.41) is 3.87. The molecule has 1 N–H and O–H groups in total. The Hall–Kier alpha value is -3.00. The highest BCUT2D eigenvalue weighted by Gasteiger charge is 2.26. The Morgan fingerprint density at radius 2 is 1.97 bits per heavy atom. The van der Waals surface area contributed by atoms with Crippen molar-refractivity contribution in [2.45, 2.75) is 18.4 Å². The molecule has 0 spiro atoms. The molecular weight excluding hydrogens is 472 g/mol. The van der Waals surface area contributed by atoms with Gasteiger partial charge in [0.1, 0.15) is 0 Å². The Labute approximate surface area is 193 Å². The number of aromatic nitrogens is 2. The molecule has 0 atom stereocenters. The quantitative estimate of drug-likeness (QED) is 0.547. The van der Waals surface area contributed by atoms with E-state index >= 15 is 0 Å². The van der Waals surface area contributed by atoms with Crippen LogP contribution >= 0.6 is 11.3 Å². The van der Waals surface area contributed by atoms with Crippen LogP contribution in [-0.2, 0) is 21.3 Å². The van der Waals surface area contributed by atoms with Crippen LogP contribution < -0.4 is 14.2 Å². The van der Waals surface area contributed by atoms with E-state index in [1.54, 1.807) is 30.0 Å².